The third-order valence-electron chi connectivity index (χ3n) is 1.40. The molecule has 0 unspecified atom stereocenters. The van der Waals surface area contributed by atoms with Crippen LogP contribution in [0.2, 0.25) is 0 Å². The van der Waals surface area contributed by atoms with E-state index in [2.05, 4.69) is 9.47 Å². The van der Waals surface area contributed by atoms with Crippen LogP contribution in [0.3, 0.4) is 0 Å². The summed E-state index contributed by atoms with van der Waals surface area (Å²) in [4.78, 5) is 41.3. The van der Waals surface area contributed by atoms with E-state index in [9.17, 15) is 19.2 Å². The number of carbonyl (C=O) groups excluding carboxylic acids is 4. The third kappa shape index (κ3) is 22.7. The van der Waals surface area contributed by atoms with Gasteiger partial charge in [0, 0.05) is 23.9 Å². The molecule has 0 aromatic rings. The molecule has 0 aromatic heterocycles. The Labute approximate surface area is 130 Å². The molecule has 19 heavy (non-hydrogen) atoms. The van der Waals surface area contributed by atoms with Crippen LogP contribution in [0.15, 0.2) is 0 Å². The fourth-order valence-electron chi connectivity index (χ4n) is 0.831. The van der Waals surface area contributed by atoms with E-state index in [0.717, 1.165) is 0 Å². The summed E-state index contributed by atoms with van der Waals surface area (Å²) in [5.74, 6) is -1.20. The zero-order chi connectivity index (χ0) is 14.6. The van der Waals surface area contributed by atoms with E-state index in [1.54, 1.807) is 13.8 Å². The maximum atomic E-state index is 10.4. The Hall–Kier alpha value is -0.921. The Bertz CT molecular complexity index is 271. The van der Waals surface area contributed by atoms with Crippen molar-refractivity contribution in [2.75, 3.05) is 13.2 Å². The van der Waals surface area contributed by atoms with E-state index in [-0.39, 0.29) is 48.3 Å². The van der Waals surface area contributed by atoms with Gasteiger partial charge in [-0.15, -0.1) is 0 Å². The van der Waals surface area contributed by atoms with Gasteiger partial charge in [-0.2, -0.15) is 0 Å². The van der Waals surface area contributed by atoms with Gasteiger partial charge in [-0.05, 0) is 27.7 Å². The first-order chi connectivity index (χ1) is 8.33. The topological polar surface area (TPSA) is 86.7 Å². The molecule has 108 valence electrons. The molecule has 7 heteroatoms. The average molecular weight is 379 g/mol. The van der Waals surface area contributed by atoms with Crippen LogP contribution in [0.25, 0.3) is 0 Å². The molecule has 0 atom stereocenters. The number of hydrogen-bond acceptors (Lipinski definition) is 6. The SMILES string of the molecule is CCOC(=O)CC(C)=O.CCOC(=O)CC(C)=O.[Sn]. The Morgan fingerprint density at radius 1 is 0.737 bits per heavy atom. The second-order valence-electron chi connectivity index (χ2n) is 3.37. The van der Waals surface area contributed by atoms with Crippen molar-refractivity contribution in [3.63, 3.8) is 0 Å². The summed E-state index contributed by atoms with van der Waals surface area (Å²) in [5.41, 5.74) is 0. The summed E-state index contributed by atoms with van der Waals surface area (Å²) in [6.45, 7) is 6.81. The predicted molar refractivity (Wildman–Crippen MR) is 69.6 cm³/mol. The van der Waals surface area contributed by atoms with Crippen molar-refractivity contribution in [3.05, 3.63) is 0 Å². The molecule has 0 spiro atoms. The number of Topliss-reactive ketones (excluding diaryl/α,β-unsaturated/α-hetero) is 2. The standard InChI is InChI=1S/2C6H10O3.Sn/c2*1-3-9-6(8)4-5(2)7;/h2*3-4H2,1-2H3;. The molecule has 0 aliphatic heterocycles. The van der Waals surface area contributed by atoms with Gasteiger partial charge in [0.2, 0.25) is 0 Å². The Balaban J connectivity index is -0.000000256. The fraction of sp³-hybridized carbons (Fsp3) is 0.667. The fourth-order valence-corrected chi connectivity index (χ4v) is 0.831. The minimum absolute atomic E-state index is 0. The van der Waals surface area contributed by atoms with Crippen LogP contribution >= 0.6 is 0 Å². The second kappa shape index (κ2) is 15.1. The summed E-state index contributed by atoms with van der Waals surface area (Å²) in [6.07, 6.45) is -0.207. The number of carbonyl (C=O) groups is 4. The second-order valence-corrected chi connectivity index (χ2v) is 3.37. The molecule has 0 amide bonds. The summed E-state index contributed by atoms with van der Waals surface area (Å²) in [5, 5.41) is 0. The van der Waals surface area contributed by atoms with Crippen LogP contribution < -0.4 is 0 Å². The van der Waals surface area contributed by atoms with E-state index in [4.69, 9.17) is 0 Å². The summed E-state index contributed by atoms with van der Waals surface area (Å²) >= 11 is 0. The van der Waals surface area contributed by atoms with Gasteiger partial charge in [0.15, 0.2) is 0 Å². The molecule has 4 radical (unpaired) electrons. The summed E-state index contributed by atoms with van der Waals surface area (Å²) in [7, 11) is 0. The first-order valence-corrected chi connectivity index (χ1v) is 5.63. The zero-order valence-corrected chi connectivity index (χ0v) is 14.6. The van der Waals surface area contributed by atoms with Gasteiger partial charge in [-0.25, -0.2) is 0 Å². The van der Waals surface area contributed by atoms with Crippen LogP contribution in [0, 0.1) is 0 Å². The molecule has 0 fully saturated rings. The van der Waals surface area contributed by atoms with Gasteiger partial charge < -0.3 is 9.47 Å². The molecule has 0 aromatic carbocycles. The van der Waals surface area contributed by atoms with Crippen molar-refractivity contribution in [2.24, 2.45) is 0 Å². The number of hydrogen-bond donors (Lipinski definition) is 0. The molecule has 0 saturated carbocycles. The first kappa shape index (κ1) is 23.2. The van der Waals surface area contributed by atoms with Crippen LogP contribution in [0.1, 0.15) is 40.5 Å². The van der Waals surface area contributed by atoms with Crippen molar-refractivity contribution in [3.8, 4) is 0 Å². The predicted octanol–water partition coefficient (Wildman–Crippen LogP) is 0.676. The van der Waals surface area contributed by atoms with Gasteiger partial charge >= 0.3 is 11.9 Å². The molecule has 0 saturated heterocycles. The van der Waals surface area contributed by atoms with Crippen molar-refractivity contribution < 1.29 is 28.7 Å². The van der Waals surface area contributed by atoms with Crippen molar-refractivity contribution in [1.29, 1.82) is 0 Å². The van der Waals surface area contributed by atoms with Gasteiger partial charge in [0.25, 0.3) is 0 Å². The van der Waals surface area contributed by atoms with Crippen molar-refractivity contribution in [2.45, 2.75) is 40.5 Å². The normalized spacial score (nSPS) is 8.21. The Kier molecular flexibility index (Phi) is 18.5. The van der Waals surface area contributed by atoms with E-state index in [1.807, 2.05) is 0 Å². The molecule has 0 aliphatic rings. The van der Waals surface area contributed by atoms with Gasteiger partial charge in [0.1, 0.15) is 24.4 Å². The number of esters is 2. The number of ketones is 2. The summed E-state index contributed by atoms with van der Waals surface area (Å²) in [6, 6.07) is 0. The van der Waals surface area contributed by atoms with Crippen LogP contribution in [-0.4, -0.2) is 60.6 Å². The third-order valence-corrected chi connectivity index (χ3v) is 1.40. The maximum absolute atomic E-state index is 10.4. The first-order valence-electron chi connectivity index (χ1n) is 5.63. The summed E-state index contributed by atoms with van der Waals surface area (Å²) < 4.78 is 8.99. The molecule has 0 N–H and O–H groups in total. The van der Waals surface area contributed by atoms with E-state index < -0.39 is 11.9 Å². The van der Waals surface area contributed by atoms with Crippen LogP contribution in [0.5, 0.6) is 0 Å². The van der Waals surface area contributed by atoms with Gasteiger partial charge in [-0.1, -0.05) is 0 Å². The van der Waals surface area contributed by atoms with Crippen molar-refractivity contribution >= 4 is 47.4 Å². The van der Waals surface area contributed by atoms with E-state index in [1.165, 1.54) is 13.8 Å². The molecule has 0 bridgehead atoms. The smallest absolute Gasteiger partial charge is 0.313 e. The minimum Gasteiger partial charge on any atom is -0.466 e. The van der Waals surface area contributed by atoms with Crippen LogP contribution in [0.4, 0.5) is 0 Å². The minimum atomic E-state index is -0.440. The van der Waals surface area contributed by atoms with Crippen molar-refractivity contribution in [1.82, 2.24) is 0 Å². The van der Waals surface area contributed by atoms with Gasteiger partial charge in [-0.3, -0.25) is 19.2 Å². The maximum Gasteiger partial charge on any atom is 0.313 e. The monoisotopic (exact) mass is 380 g/mol. The molecule has 0 heterocycles. The molecule has 6 nitrogen and oxygen atoms in total. The average Bonchev–Trinajstić information content (AvgIpc) is 2.16. The van der Waals surface area contributed by atoms with Crippen LogP contribution in [-0.2, 0) is 28.7 Å². The Morgan fingerprint density at radius 3 is 1.16 bits per heavy atom. The zero-order valence-electron chi connectivity index (χ0n) is 11.8. The number of rotatable bonds is 6. The Morgan fingerprint density at radius 2 is 1.00 bits per heavy atom. The largest absolute Gasteiger partial charge is 0.466 e. The van der Waals surface area contributed by atoms with Gasteiger partial charge in [0.05, 0.1) is 13.2 Å². The molecular weight excluding hydrogens is 359 g/mol. The molecule has 0 rings (SSSR count). The number of ether oxygens (including phenoxy) is 2. The molecule has 0 aliphatic carbocycles. The van der Waals surface area contributed by atoms with E-state index in [0.29, 0.717) is 13.2 Å². The van der Waals surface area contributed by atoms with E-state index >= 15 is 0 Å². The quantitative estimate of drug-likeness (QED) is 0.383. The molecular formula is C12H20O6Sn.